The van der Waals surface area contributed by atoms with Gasteiger partial charge >= 0.3 is 0 Å². The van der Waals surface area contributed by atoms with Gasteiger partial charge in [0.05, 0.1) is 28.1 Å². The quantitative estimate of drug-likeness (QED) is 0.511. The monoisotopic (exact) mass is 355 g/mol. The lowest BCUT2D eigenvalue weighted by Crippen LogP contribution is -2.11. The van der Waals surface area contributed by atoms with Gasteiger partial charge in [-0.1, -0.05) is 24.3 Å². The lowest BCUT2D eigenvalue weighted by atomic mass is 10.3. The Kier molecular flexibility index (Phi) is 3.57. The average Bonchev–Trinajstić information content (AvgIpc) is 3.32. The number of anilines is 1. The number of hydrogen-bond donors (Lipinski definition) is 2. The van der Waals surface area contributed by atoms with Crippen molar-refractivity contribution in [1.29, 1.82) is 0 Å². The van der Waals surface area contributed by atoms with Crippen LogP contribution in [0.1, 0.15) is 18.8 Å². The highest BCUT2D eigenvalue weighted by Crippen LogP contribution is 2.20. The third-order valence-corrected chi connectivity index (χ3v) is 4.50. The van der Waals surface area contributed by atoms with E-state index in [0.717, 1.165) is 33.7 Å². The van der Waals surface area contributed by atoms with Crippen molar-refractivity contribution < 1.29 is 0 Å². The number of aromatic nitrogens is 6. The van der Waals surface area contributed by atoms with Crippen molar-refractivity contribution in [2.75, 3.05) is 5.32 Å². The first-order valence-electron chi connectivity index (χ1n) is 8.74. The van der Waals surface area contributed by atoms with Crippen molar-refractivity contribution >= 4 is 28.0 Å². The van der Waals surface area contributed by atoms with Crippen molar-refractivity contribution in [1.82, 2.24) is 29.5 Å². The predicted octanol–water partition coefficient (Wildman–Crippen LogP) is 3.86. The molecule has 0 radical (unpaired) electrons. The van der Waals surface area contributed by atoms with Crippen molar-refractivity contribution in [3.05, 3.63) is 72.9 Å². The second-order valence-corrected chi connectivity index (χ2v) is 6.35. The molecular formula is C20H17N7. The fourth-order valence-corrected chi connectivity index (χ4v) is 3.13. The number of nitrogens with zero attached hydrogens (tertiary/aromatic N) is 5. The smallest absolute Gasteiger partial charge is 0.225 e. The van der Waals surface area contributed by atoms with Gasteiger partial charge in [-0.05, 0) is 37.3 Å². The maximum absolute atomic E-state index is 4.64. The topological polar surface area (TPSA) is 84.3 Å². The van der Waals surface area contributed by atoms with Crippen molar-refractivity contribution in [2.45, 2.75) is 13.0 Å². The van der Waals surface area contributed by atoms with Crippen LogP contribution in [0, 0.1) is 0 Å². The SMILES string of the molecule is CC(Nc1nccc(-n2cnc3ccccc32)n1)c1nc2ccccc2[nH]1. The zero-order valence-electron chi connectivity index (χ0n) is 14.7. The standard InChI is InChI=1S/C20H17N7/c1-13(19-24-14-6-2-3-7-15(14)25-19)23-20-21-11-10-18(26-20)27-12-22-16-8-4-5-9-17(16)27/h2-13H,1H3,(H,24,25)(H,21,23,26). The molecule has 0 bridgehead atoms. The summed E-state index contributed by atoms with van der Waals surface area (Å²) in [5, 5.41) is 3.32. The molecule has 7 nitrogen and oxygen atoms in total. The van der Waals surface area contributed by atoms with Crippen LogP contribution in [0.25, 0.3) is 27.9 Å². The molecule has 3 aromatic heterocycles. The fourth-order valence-electron chi connectivity index (χ4n) is 3.13. The number of benzene rings is 2. The number of aromatic amines is 1. The minimum Gasteiger partial charge on any atom is -0.344 e. The Balaban J connectivity index is 1.45. The minimum absolute atomic E-state index is 0.0628. The summed E-state index contributed by atoms with van der Waals surface area (Å²) in [5.41, 5.74) is 3.90. The number of H-pyrrole nitrogens is 1. The average molecular weight is 355 g/mol. The highest BCUT2D eigenvalue weighted by molar-refractivity contribution is 5.77. The number of nitrogens with one attached hydrogen (secondary N) is 2. The Hall–Kier alpha value is -3.74. The van der Waals surface area contributed by atoms with E-state index in [2.05, 4.69) is 30.2 Å². The fraction of sp³-hybridized carbons (Fsp3) is 0.100. The van der Waals surface area contributed by atoms with Crippen LogP contribution in [0.15, 0.2) is 67.1 Å². The highest BCUT2D eigenvalue weighted by atomic mass is 15.2. The summed E-state index contributed by atoms with van der Waals surface area (Å²) >= 11 is 0. The molecule has 5 aromatic rings. The maximum atomic E-state index is 4.64. The van der Waals surface area contributed by atoms with Crippen LogP contribution in [0.5, 0.6) is 0 Å². The number of rotatable bonds is 4. The number of para-hydroxylation sites is 4. The largest absolute Gasteiger partial charge is 0.344 e. The van der Waals surface area contributed by atoms with Gasteiger partial charge in [-0.15, -0.1) is 0 Å². The molecule has 0 aliphatic heterocycles. The van der Waals surface area contributed by atoms with E-state index < -0.39 is 0 Å². The molecule has 7 heteroatoms. The Morgan fingerprint density at radius 2 is 1.74 bits per heavy atom. The minimum atomic E-state index is -0.0628. The molecule has 0 aliphatic rings. The van der Waals surface area contributed by atoms with Crippen molar-refractivity contribution in [3.8, 4) is 5.82 Å². The van der Waals surface area contributed by atoms with Crippen LogP contribution in [0.2, 0.25) is 0 Å². The van der Waals surface area contributed by atoms with Crippen LogP contribution >= 0.6 is 0 Å². The number of imidazole rings is 2. The van der Waals surface area contributed by atoms with Crippen LogP contribution in [-0.2, 0) is 0 Å². The van der Waals surface area contributed by atoms with Gasteiger partial charge in [-0.3, -0.25) is 4.57 Å². The van der Waals surface area contributed by atoms with E-state index in [1.165, 1.54) is 0 Å². The molecule has 27 heavy (non-hydrogen) atoms. The molecule has 0 spiro atoms. The van der Waals surface area contributed by atoms with E-state index in [-0.39, 0.29) is 6.04 Å². The van der Waals surface area contributed by atoms with Crippen molar-refractivity contribution in [3.63, 3.8) is 0 Å². The zero-order chi connectivity index (χ0) is 18.2. The van der Waals surface area contributed by atoms with Gasteiger partial charge in [-0.25, -0.2) is 15.0 Å². The first kappa shape index (κ1) is 15.5. The normalized spacial score (nSPS) is 12.5. The molecule has 1 unspecified atom stereocenters. The summed E-state index contributed by atoms with van der Waals surface area (Å²) in [4.78, 5) is 21.4. The molecule has 1 atom stereocenters. The lowest BCUT2D eigenvalue weighted by Gasteiger charge is -2.12. The second-order valence-electron chi connectivity index (χ2n) is 6.35. The summed E-state index contributed by atoms with van der Waals surface area (Å²) in [6.07, 6.45) is 3.52. The van der Waals surface area contributed by atoms with E-state index in [1.54, 1.807) is 12.5 Å². The Morgan fingerprint density at radius 1 is 0.926 bits per heavy atom. The Bertz CT molecular complexity index is 1200. The molecule has 0 saturated heterocycles. The summed E-state index contributed by atoms with van der Waals surface area (Å²) in [5.74, 6) is 2.15. The van der Waals surface area contributed by atoms with Gasteiger partial charge in [0.25, 0.3) is 0 Å². The van der Waals surface area contributed by atoms with Gasteiger partial charge < -0.3 is 10.3 Å². The molecule has 3 heterocycles. The lowest BCUT2D eigenvalue weighted by molar-refractivity contribution is 0.797. The van der Waals surface area contributed by atoms with Gasteiger partial charge in [-0.2, -0.15) is 4.98 Å². The van der Waals surface area contributed by atoms with E-state index >= 15 is 0 Å². The number of hydrogen-bond acceptors (Lipinski definition) is 5. The summed E-state index contributed by atoms with van der Waals surface area (Å²) < 4.78 is 1.95. The van der Waals surface area contributed by atoms with E-state index in [1.807, 2.05) is 66.1 Å². The molecule has 0 saturated carbocycles. The highest BCUT2D eigenvalue weighted by Gasteiger charge is 2.13. The third-order valence-electron chi connectivity index (χ3n) is 4.50. The van der Waals surface area contributed by atoms with E-state index in [4.69, 9.17) is 0 Å². The van der Waals surface area contributed by atoms with Crippen LogP contribution in [0.4, 0.5) is 5.95 Å². The predicted molar refractivity (Wildman–Crippen MR) is 105 cm³/mol. The Labute approximate surface area is 155 Å². The molecule has 0 aliphatic carbocycles. The summed E-state index contributed by atoms with van der Waals surface area (Å²) in [7, 11) is 0. The molecule has 2 N–H and O–H groups in total. The number of fused-ring (bicyclic) bond motifs is 2. The van der Waals surface area contributed by atoms with Crippen LogP contribution in [-0.4, -0.2) is 29.5 Å². The summed E-state index contributed by atoms with van der Waals surface area (Å²) in [6, 6.07) is 17.7. The first-order valence-corrected chi connectivity index (χ1v) is 8.74. The molecule has 5 rings (SSSR count). The van der Waals surface area contributed by atoms with Crippen LogP contribution in [0.3, 0.4) is 0 Å². The zero-order valence-corrected chi connectivity index (χ0v) is 14.7. The molecule has 132 valence electrons. The van der Waals surface area contributed by atoms with Crippen molar-refractivity contribution in [2.24, 2.45) is 0 Å². The molecule has 0 amide bonds. The maximum Gasteiger partial charge on any atom is 0.225 e. The van der Waals surface area contributed by atoms with Gasteiger partial charge in [0.2, 0.25) is 5.95 Å². The first-order chi connectivity index (χ1) is 13.3. The third kappa shape index (κ3) is 2.79. The van der Waals surface area contributed by atoms with Gasteiger partial charge in [0, 0.05) is 6.20 Å². The molecule has 2 aromatic carbocycles. The van der Waals surface area contributed by atoms with Crippen LogP contribution < -0.4 is 5.32 Å². The van der Waals surface area contributed by atoms with E-state index in [0.29, 0.717) is 5.95 Å². The molecular weight excluding hydrogens is 338 g/mol. The van der Waals surface area contributed by atoms with E-state index in [9.17, 15) is 0 Å². The molecule has 0 fully saturated rings. The summed E-state index contributed by atoms with van der Waals surface area (Å²) in [6.45, 7) is 2.03. The van der Waals surface area contributed by atoms with Gasteiger partial charge in [0.15, 0.2) is 0 Å². The Morgan fingerprint density at radius 3 is 2.63 bits per heavy atom. The van der Waals surface area contributed by atoms with Gasteiger partial charge in [0.1, 0.15) is 18.0 Å². The second kappa shape index (κ2) is 6.21.